The number of hydrogen-bond acceptors (Lipinski definition) is 5. The van der Waals surface area contributed by atoms with Crippen molar-refractivity contribution < 1.29 is 17.9 Å². The Morgan fingerprint density at radius 1 is 1.24 bits per heavy atom. The van der Waals surface area contributed by atoms with E-state index < -0.39 is 10.0 Å². The van der Waals surface area contributed by atoms with Gasteiger partial charge in [0.15, 0.2) is 0 Å². The van der Waals surface area contributed by atoms with E-state index in [1.54, 1.807) is 13.2 Å². The largest absolute Gasteiger partial charge is 0.383 e. The highest BCUT2D eigenvalue weighted by molar-refractivity contribution is 7.89. The first-order valence-electron chi connectivity index (χ1n) is 6.52. The third-order valence-electron chi connectivity index (χ3n) is 2.75. The van der Waals surface area contributed by atoms with E-state index in [1.165, 1.54) is 25.2 Å². The summed E-state index contributed by atoms with van der Waals surface area (Å²) in [5.41, 5.74) is 0.309. The second-order valence-electron chi connectivity index (χ2n) is 4.23. The molecule has 0 spiro atoms. The molecule has 1 amide bonds. The summed E-state index contributed by atoms with van der Waals surface area (Å²) in [4.78, 5) is 12.0. The molecular weight excluding hydrogens is 294 g/mol. The van der Waals surface area contributed by atoms with Crippen LogP contribution >= 0.6 is 0 Å². The monoisotopic (exact) mass is 315 g/mol. The van der Waals surface area contributed by atoms with E-state index in [1.807, 2.05) is 0 Å². The van der Waals surface area contributed by atoms with Gasteiger partial charge in [-0.25, -0.2) is 13.1 Å². The molecule has 21 heavy (non-hydrogen) atoms. The molecular formula is C13H21N3O4S. The van der Waals surface area contributed by atoms with Crippen molar-refractivity contribution in [2.24, 2.45) is 0 Å². The van der Waals surface area contributed by atoms with Gasteiger partial charge in [-0.1, -0.05) is 6.07 Å². The Balaban J connectivity index is 2.53. The van der Waals surface area contributed by atoms with Crippen LogP contribution in [0.25, 0.3) is 0 Å². The molecule has 1 aromatic rings. The molecule has 0 fully saturated rings. The number of methoxy groups -OCH3 is 1. The molecule has 0 radical (unpaired) electrons. The molecule has 7 nitrogen and oxygen atoms in total. The second-order valence-corrected chi connectivity index (χ2v) is 6.12. The Hall–Kier alpha value is -1.48. The molecule has 3 N–H and O–H groups in total. The van der Waals surface area contributed by atoms with Gasteiger partial charge in [-0.2, -0.15) is 0 Å². The summed E-state index contributed by atoms with van der Waals surface area (Å²) in [6, 6.07) is 5.90. The molecule has 0 aromatic heterocycles. The molecule has 0 saturated carbocycles. The number of amides is 1. The van der Waals surface area contributed by atoms with E-state index in [4.69, 9.17) is 4.74 Å². The third kappa shape index (κ3) is 5.80. The van der Waals surface area contributed by atoms with Crippen LogP contribution in [0, 0.1) is 0 Å². The van der Waals surface area contributed by atoms with Crippen LogP contribution in [0.1, 0.15) is 10.4 Å². The van der Waals surface area contributed by atoms with E-state index in [2.05, 4.69) is 15.4 Å². The first-order valence-corrected chi connectivity index (χ1v) is 8.01. The Labute approximate surface area is 125 Å². The minimum Gasteiger partial charge on any atom is -0.383 e. The highest BCUT2D eigenvalue weighted by atomic mass is 32.2. The standard InChI is InChI=1S/C13H21N3O4S/c1-14-21(18,19)12-5-3-4-11(10-12)13(17)16-7-6-15-8-9-20-2/h3-5,10,14-15H,6-9H2,1-2H3,(H,16,17). The molecule has 0 aliphatic heterocycles. The molecule has 0 aliphatic rings. The zero-order valence-electron chi connectivity index (χ0n) is 12.2. The quantitative estimate of drug-likeness (QED) is 0.537. The van der Waals surface area contributed by atoms with E-state index in [9.17, 15) is 13.2 Å². The summed E-state index contributed by atoms with van der Waals surface area (Å²) in [5.74, 6) is -0.309. The van der Waals surface area contributed by atoms with Crippen molar-refractivity contribution in [2.45, 2.75) is 4.90 Å². The van der Waals surface area contributed by atoms with Gasteiger partial charge in [0.2, 0.25) is 10.0 Å². The third-order valence-corrected chi connectivity index (χ3v) is 4.16. The van der Waals surface area contributed by atoms with Crippen molar-refractivity contribution in [3.63, 3.8) is 0 Å². The number of nitrogens with one attached hydrogen (secondary N) is 3. The Kier molecular flexibility index (Phi) is 7.30. The van der Waals surface area contributed by atoms with Gasteiger partial charge in [-0.15, -0.1) is 0 Å². The van der Waals surface area contributed by atoms with Crippen molar-refractivity contribution in [1.29, 1.82) is 0 Å². The maximum absolute atomic E-state index is 11.9. The number of hydrogen-bond donors (Lipinski definition) is 3. The Morgan fingerprint density at radius 3 is 2.67 bits per heavy atom. The molecule has 1 rings (SSSR count). The van der Waals surface area contributed by atoms with Gasteiger partial charge in [0.25, 0.3) is 5.91 Å². The summed E-state index contributed by atoms with van der Waals surface area (Å²) in [6.07, 6.45) is 0. The minimum absolute atomic E-state index is 0.0656. The Bertz CT molecular complexity index is 560. The van der Waals surface area contributed by atoms with Gasteiger partial charge in [0.1, 0.15) is 0 Å². The average molecular weight is 315 g/mol. The molecule has 118 valence electrons. The lowest BCUT2D eigenvalue weighted by atomic mass is 10.2. The predicted octanol–water partition coefficient (Wildman–Crippen LogP) is -0.439. The zero-order valence-corrected chi connectivity index (χ0v) is 13.0. The number of ether oxygens (including phenoxy) is 1. The van der Waals surface area contributed by atoms with Crippen molar-refractivity contribution in [1.82, 2.24) is 15.4 Å². The fraction of sp³-hybridized carbons (Fsp3) is 0.462. The predicted molar refractivity (Wildman–Crippen MR) is 79.8 cm³/mol. The van der Waals surface area contributed by atoms with Gasteiger partial charge in [-0.3, -0.25) is 4.79 Å². The van der Waals surface area contributed by atoms with Crippen LogP contribution in [0.15, 0.2) is 29.2 Å². The lowest BCUT2D eigenvalue weighted by Crippen LogP contribution is -2.33. The molecule has 0 atom stereocenters. The van der Waals surface area contributed by atoms with E-state index in [0.29, 0.717) is 31.8 Å². The lowest BCUT2D eigenvalue weighted by molar-refractivity contribution is 0.0953. The van der Waals surface area contributed by atoms with Gasteiger partial charge in [0.05, 0.1) is 11.5 Å². The van der Waals surface area contributed by atoms with Crippen LogP contribution in [-0.4, -0.2) is 54.7 Å². The summed E-state index contributed by atoms with van der Waals surface area (Å²) >= 11 is 0. The van der Waals surface area contributed by atoms with Crippen molar-refractivity contribution in [3.8, 4) is 0 Å². The average Bonchev–Trinajstić information content (AvgIpc) is 2.50. The Morgan fingerprint density at radius 2 is 2.00 bits per heavy atom. The fourth-order valence-corrected chi connectivity index (χ4v) is 2.36. The van der Waals surface area contributed by atoms with Crippen molar-refractivity contribution in [3.05, 3.63) is 29.8 Å². The van der Waals surface area contributed by atoms with Gasteiger partial charge in [-0.05, 0) is 25.2 Å². The number of rotatable bonds is 9. The van der Waals surface area contributed by atoms with Crippen LogP contribution in [0.2, 0.25) is 0 Å². The second kappa shape index (κ2) is 8.73. The van der Waals surface area contributed by atoms with Crippen LogP contribution in [0.3, 0.4) is 0 Å². The smallest absolute Gasteiger partial charge is 0.251 e. The van der Waals surface area contributed by atoms with Gasteiger partial charge in [0, 0.05) is 32.3 Å². The van der Waals surface area contributed by atoms with Gasteiger partial charge >= 0.3 is 0 Å². The number of carbonyl (C=O) groups excluding carboxylic acids is 1. The molecule has 0 unspecified atom stereocenters. The topological polar surface area (TPSA) is 96.5 Å². The highest BCUT2D eigenvalue weighted by Gasteiger charge is 2.13. The number of sulfonamides is 1. The molecule has 0 heterocycles. The summed E-state index contributed by atoms with van der Waals surface area (Å²) < 4.78 is 30.4. The first-order chi connectivity index (χ1) is 10.0. The van der Waals surface area contributed by atoms with Crippen LogP contribution in [0.4, 0.5) is 0 Å². The maximum atomic E-state index is 11.9. The minimum atomic E-state index is -3.55. The van der Waals surface area contributed by atoms with Crippen LogP contribution in [-0.2, 0) is 14.8 Å². The molecule has 0 saturated heterocycles. The van der Waals surface area contributed by atoms with Gasteiger partial charge < -0.3 is 15.4 Å². The summed E-state index contributed by atoms with van der Waals surface area (Å²) in [7, 11) is -0.598. The molecule has 8 heteroatoms. The highest BCUT2D eigenvalue weighted by Crippen LogP contribution is 2.10. The van der Waals surface area contributed by atoms with E-state index in [0.717, 1.165) is 0 Å². The fourth-order valence-electron chi connectivity index (χ4n) is 1.59. The van der Waals surface area contributed by atoms with Crippen LogP contribution in [0.5, 0.6) is 0 Å². The van der Waals surface area contributed by atoms with Crippen LogP contribution < -0.4 is 15.4 Å². The number of carbonyl (C=O) groups is 1. The lowest BCUT2D eigenvalue weighted by Gasteiger charge is -2.08. The van der Waals surface area contributed by atoms with E-state index in [-0.39, 0.29) is 10.8 Å². The molecule has 0 bridgehead atoms. The van der Waals surface area contributed by atoms with Crippen molar-refractivity contribution >= 4 is 15.9 Å². The SMILES string of the molecule is CNS(=O)(=O)c1cccc(C(=O)NCCNCCOC)c1. The molecule has 1 aromatic carbocycles. The number of benzene rings is 1. The summed E-state index contributed by atoms with van der Waals surface area (Å²) in [6.45, 7) is 2.38. The zero-order chi connectivity index (χ0) is 15.7. The molecule has 0 aliphatic carbocycles. The normalized spacial score (nSPS) is 11.3. The summed E-state index contributed by atoms with van der Waals surface area (Å²) in [5, 5.41) is 5.81. The van der Waals surface area contributed by atoms with E-state index >= 15 is 0 Å². The first kappa shape index (κ1) is 17.6. The maximum Gasteiger partial charge on any atom is 0.251 e. The van der Waals surface area contributed by atoms with Crippen molar-refractivity contribution in [2.75, 3.05) is 40.4 Å².